The molecule has 7 nitrogen and oxygen atoms in total. The summed E-state index contributed by atoms with van der Waals surface area (Å²) in [4.78, 5) is 38.5. The van der Waals surface area contributed by atoms with Crippen LogP contribution in [0.15, 0.2) is 56.5 Å². The predicted molar refractivity (Wildman–Crippen MR) is 141 cm³/mol. The van der Waals surface area contributed by atoms with Crippen molar-refractivity contribution in [2.24, 2.45) is 5.73 Å². The number of amides is 1. The van der Waals surface area contributed by atoms with Gasteiger partial charge in [-0.3, -0.25) is 9.59 Å². The number of hydrogen-bond acceptors (Lipinski definition) is 5. The zero-order valence-corrected chi connectivity index (χ0v) is 21.1. The van der Waals surface area contributed by atoms with E-state index in [2.05, 4.69) is 5.32 Å². The monoisotopic (exact) mass is 585 g/mol. The first-order valence-corrected chi connectivity index (χ1v) is 12.1. The predicted octanol–water partition coefficient (Wildman–Crippen LogP) is 5.16. The quantitative estimate of drug-likeness (QED) is 0.315. The molecule has 2 aromatic heterocycles. The molecule has 1 aliphatic rings. The SMILES string of the molecule is Cc1c(Nc2ccc(I)cc2F)c2c(=O)n(C3CC3)c(C)c(-c3cccc(C(N)=O)c3)c2oc1=O. The summed E-state index contributed by atoms with van der Waals surface area (Å²) < 4.78 is 22.8. The molecular weight excluding hydrogens is 564 g/mol. The molecule has 1 fully saturated rings. The van der Waals surface area contributed by atoms with Gasteiger partial charge in [-0.15, -0.1) is 0 Å². The van der Waals surface area contributed by atoms with Crippen molar-refractivity contribution in [3.05, 3.63) is 89.4 Å². The maximum atomic E-state index is 14.7. The van der Waals surface area contributed by atoms with E-state index in [0.29, 0.717) is 20.4 Å². The molecule has 1 aliphatic carbocycles. The van der Waals surface area contributed by atoms with Gasteiger partial charge < -0.3 is 20.0 Å². The van der Waals surface area contributed by atoms with Gasteiger partial charge in [0, 0.05) is 26.4 Å². The number of hydrogen-bond donors (Lipinski definition) is 2. The maximum Gasteiger partial charge on any atom is 0.341 e. The van der Waals surface area contributed by atoms with E-state index in [0.717, 1.165) is 12.8 Å². The number of anilines is 2. The molecule has 0 aliphatic heterocycles. The topological polar surface area (TPSA) is 107 Å². The summed E-state index contributed by atoms with van der Waals surface area (Å²) >= 11 is 2.01. The van der Waals surface area contributed by atoms with Crippen molar-refractivity contribution in [1.29, 1.82) is 0 Å². The fourth-order valence-electron chi connectivity index (χ4n) is 4.38. The second kappa shape index (κ2) is 8.63. The molecule has 35 heavy (non-hydrogen) atoms. The van der Waals surface area contributed by atoms with Crippen LogP contribution in [0, 0.1) is 23.2 Å². The first-order valence-electron chi connectivity index (χ1n) is 11.0. The van der Waals surface area contributed by atoms with E-state index in [1.807, 2.05) is 22.6 Å². The van der Waals surface area contributed by atoms with Crippen LogP contribution in [0.1, 0.15) is 40.5 Å². The van der Waals surface area contributed by atoms with Gasteiger partial charge in [0.2, 0.25) is 5.91 Å². The van der Waals surface area contributed by atoms with Gasteiger partial charge >= 0.3 is 5.63 Å². The lowest BCUT2D eigenvalue weighted by molar-refractivity contribution is 0.100. The molecule has 5 rings (SSSR count). The highest BCUT2D eigenvalue weighted by Gasteiger charge is 2.31. The number of carbonyl (C=O) groups is 1. The van der Waals surface area contributed by atoms with Crippen molar-refractivity contribution < 1.29 is 13.6 Å². The van der Waals surface area contributed by atoms with E-state index in [-0.39, 0.29) is 45.1 Å². The summed E-state index contributed by atoms with van der Waals surface area (Å²) in [7, 11) is 0. The molecule has 0 saturated heterocycles. The highest BCUT2D eigenvalue weighted by Crippen LogP contribution is 2.40. The van der Waals surface area contributed by atoms with Crippen LogP contribution >= 0.6 is 22.6 Å². The number of nitrogens with one attached hydrogen (secondary N) is 1. The van der Waals surface area contributed by atoms with Crippen molar-refractivity contribution in [2.45, 2.75) is 32.7 Å². The number of pyridine rings is 1. The molecule has 4 aromatic rings. The molecule has 178 valence electrons. The van der Waals surface area contributed by atoms with Gasteiger partial charge in [-0.2, -0.15) is 0 Å². The molecule has 9 heteroatoms. The number of nitrogens with two attached hydrogens (primary N) is 1. The van der Waals surface area contributed by atoms with E-state index in [1.54, 1.807) is 47.9 Å². The molecule has 1 saturated carbocycles. The number of primary amides is 1. The van der Waals surface area contributed by atoms with Crippen molar-refractivity contribution in [1.82, 2.24) is 4.57 Å². The molecule has 3 N–H and O–H groups in total. The Kier molecular flexibility index (Phi) is 5.74. The summed E-state index contributed by atoms with van der Waals surface area (Å²) in [6.07, 6.45) is 1.69. The van der Waals surface area contributed by atoms with E-state index in [9.17, 15) is 18.8 Å². The number of benzene rings is 2. The fourth-order valence-corrected chi connectivity index (χ4v) is 4.84. The molecule has 0 radical (unpaired) electrons. The first kappa shape index (κ1) is 23.3. The Morgan fingerprint density at radius 1 is 1.17 bits per heavy atom. The summed E-state index contributed by atoms with van der Waals surface area (Å²) in [6, 6.07) is 11.3. The van der Waals surface area contributed by atoms with Crippen molar-refractivity contribution in [3.8, 4) is 11.1 Å². The summed E-state index contributed by atoms with van der Waals surface area (Å²) in [5, 5.41) is 3.13. The molecule has 0 spiro atoms. The average Bonchev–Trinajstić information content (AvgIpc) is 3.64. The number of nitrogens with zero attached hydrogens (tertiary/aromatic N) is 1. The molecule has 0 bridgehead atoms. The second-order valence-corrected chi connectivity index (χ2v) is 9.90. The van der Waals surface area contributed by atoms with Crippen LogP contribution in [-0.2, 0) is 0 Å². The zero-order chi connectivity index (χ0) is 25.0. The fraction of sp³-hybridized carbons (Fsp3) is 0.192. The van der Waals surface area contributed by atoms with E-state index in [1.165, 1.54) is 13.0 Å². The smallest absolute Gasteiger partial charge is 0.341 e. The number of carbonyl (C=O) groups excluding carboxylic acids is 1. The van der Waals surface area contributed by atoms with E-state index in [4.69, 9.17) is 10.2 Å². The maximum absolute atomic E-state index is 14.7. The Balaban J connectivity index is 1.89. The zero-order valence-electron chi connectivity index (χ0n) is 18.9. The third-order valence-corrected chi connectivity index (χ3v) is 6.95. The third kappa shape index (κ3) is 4.03. The average molecular weight is 585 g/mol. The van der Waals surface area contributed by atoms with Gasteiger partial charge in [0.1, 0.15) is 11.2 Å². The number of aromatic nitrogens is 1. The van der Waals surface area contributed by atoms with Crippen LogP contribution in [0.4, 0.5) is 15.8 Å². The minimum absolute atomic E-state index is 0.0140. The van der Waals surface area contributed by atoms with Crippen molar-refractivity contribution in [2.75, 3.05) is 5.32 Å². The summed E-state index contributed by atoms with van der Waals surface area (Å²) in [6.45, 7) is 3.32. The highest BCUT2D eigenvalue weighted by molar-refractivity contribution is 14.1. The van der Waals surface area contributed by atoms with Gasteiger partial charge in [0.05, 0.1) is 16.9 Å². The van der Waals surface area contributed by atoms with Crippen LogP contribution < -0.4 is 22.2 Å². The van der Waals surface area contributed by atoms with Crippen LogP contribution in [0.5, 0.6) is 0 Å². The molecule has 0 unspecified atom stereocenters. The Hall–Kier alpha value is -3.47. The minimum Gasteiger partial charge on any atom is -0.421 e. The van der Waals surface area contributed by atoms with Crippen molar-refractivity contribution in [3.63, 3.8) is 0 Å². The lowest BCUT2D eigenvalue weighted by Gasteiger charge is -2.19. The molecule has 1 amide bonds. The summed E-state index contributed by atoms with van der Waals surface area (Å²) in [5.74, 6) is -1.11. The first-order chi connectivity index (χ1) is 16.7. The van der Waals surface area contributed by atoms with Gasteiger partial charge in [-0.25, -0.2) is 9.18 Å². The Morgan fingerprint density at radius 3 is 2.57 bits per heavy atom. The van der Waals surface area contributed by atoms with Crippen LogP contribution in [0.25, 0.3) is 22.1 Å². The lowest BCUT2D eigenvalue weighted by Crippen LogP contribution is -2.25. The normalized spacial score (nSPS) is 13.3. The molecule has 2 aromatic carbocycles. The number of halogens is 2. The second-order valence-electron chi connectivity index (χ2n) is 8.65. The van der Waals surface area contributed by atoms with Gasteiger partial charge in [-0.1, -0.05) is 12.1 Å². The minimum atomic E-state index is -0.652. The van der Waals surface area contributed by atoms with Gasteiger partial charge in [0.25, 0.3) is 5.56 Å². The standard InChI is InChI=1S/C26H21FIN3O4/c1-12-22(30-19-9-6-16(28)11-18(19)27)21-23(35-26(12)34)20(13(2)31(25(21)33)17-7-8-17)14-4-3-5-15(10-14)24(29)32/h3-6,9-11,17,30H,7-8H2,1-2H3,(H2,29,32). The molecule has 2 heterocycles. The summed E-state index contributed by atoms with van der Waals surface area (Å²) in [5.41, 5.74) is 7.08. The number of fused-ring (bicyclic) bond motifs is 1. The van der Waals surface area contributed by atoms with Crippen LogP contribution in [0.3, 0.4) is 0 Å². The van der Waals surface area contributed by atoms with E-state index < -0.39 is 17.3 Å². The van der Waals surface area contributed by atoms with Crippen molar-refractivity contribution >= 4 is 50.8 Å². The highest BCUT2D eigenvalue weighted by atomic mass is 127. The number of rotatable bonds is 5. The Bertz CT molecular complexity index is 1650. The Morgan fingerprint density at radius 2 is 1.91 bits per heavy atom. The third-order valence-electron chi connectivity index (χ3n) is 6.27. The van der Waals surface area contributed by atoms with Gasteiger partial charge in [-0.05, 0) is 85.2 Å². The Labute approximate surface area is 212 Å². The van der Waals surface area contributed by atoms with Crippen LogP contribution in [0.2, 0.25) is 0 Å². The lowest BCUT2D eigenvalue weighted by atomic mass is 9.98. The van der Waals surface area contributed by atoms with Crippen LogP contribution in [-0.4, -0.2) is 10.5 Å². The molecular formula is C26H21FIN3O4. The van der Waals surface area contributed by atoms with Gasteiger partial charge in [0.15, 0.2) is 5.58 Å². The molecule has 0 atom stereocenters. The van der Waals surface area contributed by atoms with E-state index >= 15 is 0 Å². The largest absolute Gasteiger partial charge is 0.421 e.